The van der Waals surface area contributed by atoms with Crippen LogP contribution in [0.3, 0.4) is 0 Å². The van der Waals surface area contributed by atoms with Crippen molar-refractivity contribution in [2.75, 3.05) is 19.5 Å². The van der Waals surface area contributed by atoms with Crippen molar-refractivity contribution in [2.45, 2.75) is 13.5 Å². The van der Waals surface area contributed by atoms with Crippen LogP contribution in [0.1, 0.15) is 17.4 Å². The summed E-state index contributed by atoms with van der Waals surface area (Å²) in [5, 5.41) is 4.26. The summed E-state index contributed by atoms with van der Waals surface area (Å²) in [4.78, 5) is 25.7. The Bertz CT molecular complexity index is 1340. The summed E-state index contributed by atoms with van der Waals surface area (Å²) in [5.74, 6) is 0.419. The van der Waals surface area contributed by atoms with Gasteiger partial charge in [0.2, 0.25) is 0 Å². The van der Waals surface area contributed by atoms with Crippen LogP contribution in [0.2, 0.25) is 5.02 Å². The number of fused-ring (bicyclic) bond motifs is 3. The van der Waals surface area contributed by atoms with Gasteiger partial charge in [-0.05, 0) is 31.2 Å². The number of halogens is 1. The second-order valence-electron chi connectivity index (χ2n) is 6.56. The third kappa shape index (κ3) is 3.17. The van der Waals surface area contributed by atoms with Gasteiger partial charge in [-0.2, -0.15) is 0 Å². The number of carbonyl (C=O) groups excluding carboxylic acids is 1. The highest BCUT2D eigenvalue weighted by Gasteiger charge is 2.21. The summed E-state index contributed by atoms with van der Waals surface area (Å²) < 4.78 is 17.7. The quantitative estimate of drug-likeness (QED) is 0.468. The summed E-state index contributed by atoms with van der Waals surface area (Å²) in [6.07, 6.45) is 0. The predicted octanol–water partition coefficient (Wildman–Crippen LogP) is 4.69. The van der Waals surface area contributed by atoms with Gasteiger partial charge in [0.15, 0.2) is 0 Å². The molecule has 8 heteroatoms. The van der Waals surface area contributed by atoms with Crippen LogP contribution in [0.15, 0.2) is 51.7 Å². The average molecular weight is 427 g/mol. The molecule has 2 aromatic carbocycles. The highest BCUT2D eigenvalue weighted by Crippen LogP contribution is 2.36. The van der Waals surface area contributed by atoms with E-state index in [2.05, 4.69) is 5.32 Å². The molecule has 1 N–H and O–H groups in total. The number of para-hydroxylation sites is 1. The number of amides is 1. The van der Waals surface area contributed by atoms with Crippen molar-refractivity contribution in [3.63, 3.8) is 0 Å². The SMILES string of the molecule is CCn1c(C(=O)Nc2cc(Cl)c(OC)cc2OC)cc2c(=O)oc3ccccc3c21. The Morgan fingerprint density at radius 2 is 1.83 bits per heavy atom. The van der Waals surface area contributed by atoms with E-state index in [1.54, 1.807) is 34.9 Å². The lowest BCUT2D eigenvalue weighted by Crippen LogP contribution is -2.17. The molecular formula is C22H19ClN2O5. The van der Waals surface area contributed by atoms with Crippen molar-refractivity contribution >= 4 is 45.1 Å². The standard InChI is InChI=1S/C22H19ClN2O5/c1-4-25-16(9-13-20(25)12-7-5-6-8-17(12)30-22(13)27)21(26)24-15-10-14(23)18(28-2)11-19(15)29-3/h5-11H,4H2,1-3H3,(H,24,26). The van der Waals surface area contributed by atoms with E-state index in [9.17, 15) is 9.59 Å². The van der Waals surface area contributed by atoms with Gasteiger partial charge < -0.3 is 23.8 Å². The molecule has 0 fully saturated rings. The Balaban J connectivity index is 1.85. The summed E-state index contributed by atoms with van der Waals surface area (Å²) in [5.41, 5.74) is 1.35. The van der Waals surface area contributed by atoms with Crippen molar-refractivity contribution < 1.29 is 18.7 Å². The molecule has 4 aromatic rings. The number of hydrogen-bond donors (Lipinski definition) is 1. The summed E-state index contributed by atoms with van der Waals surface area (Å²) in [7, 11) is 2.98. The van der Waals surface area contributed by atoms with Crippen LogP contribution in [0, 0.1) is 0 Å². The summed E-state index contributed by atoms with van der Waals surface area (Å²) in [6.45, 7) is 2.39. The number of aromatic nitrogens is 1. The number of benzene rings is 2. The van der Waals surface area contributed by atoms with Gasteiger partial charge in [-0.1, -0.05) is 23.7 Å². The third-order valence-corrected chi connectivity index (χ3v) is 5.23. The van der Waals surface area contributed by atoms with E-state index in [0.29, 0.717) is 50.9 Å². The van der Waals surface area contributed by atoms with Crippen LogP contribution in [-0.2, 0) is 6.54 Å². The van der Waals surface area contributed by atoms with Crippen molar-refractivity contribution in [1.29, 1.82) is 0 Å². The van der Waals surface area contributed by atoms with Crippen LogP contribution < -0.4 is 20.4 Å². The molecule has 1 amide bonds. The minimum absolute atomic E-state index is 0.324. The topological polar surface area (TPSA) is 82.7 Å². The van der Waals surface area contributed by atoms with E-state index < -0.39 is 11.5 Å². The first-order valence-corrected chi connectivity index (χ1v) is 9.64. The highest BCUT2D eigenvalue weighted by atomic mass is 35.5. The number of anilines is 1. The largest absolute Gasteiger partial charge is 0.495 e. The third-order valence-electron chi connectivity index (χ3n) is 4.93. The number of hydrogen-bond acceptors (Lipinski definition) is 5. The maximum atomic E-state index is 13.2. The average Bonchev–Trinajstić information content (AvgIpc) is 3.15. The number of aryl methyl sites for hydroxylation is 1. The maximum absolute atomic E-state index is 13.2. The second kappa shape index (κ2) is 7.76. The van der Waals surface area contributed by atoms with Gasteiger partial charge in [0.25, 0.3) is 5.91 Å². The molecule has 0 spiro atoms. The monoisotopic (exact) mass is 426 g/mol. The molecule has 0 saturated carbocycles. The number of nitrogens with one attached hydrogen (secondary N) is 1. The first kappa shape index (κ1) is 19.8. The normalized spacial score (nSPS) is 11.1. The second-order valence-corrected chi connectivity index (χ2v) is 6.97. The molecule has 0 aliphatic rings. The lowest BCUT2D eigenvalue weighted by molar-refractivity contribution is 0.101. The van der Waals surface area contributed by atoms with Crippen LogP contribution in [0.4, 0.5) is 5.69 Å². The lowest BCUT2D eigenvalue weighted by Gasteiger charge is -2.14. The van der Waals surface area contributed by atoms with Crippen molar-refractivity contribution in [3.8, 4) is 11.5 Å². The number of carbonyl (C=O) groups is 1. The molecule has 30 heavy (non-hydrogen) atoms. The zero-order chi connectivity index (χ0) is 21.4. The molecule has 0 bridgehead atoms. The lowest BCUT2D eigenvalue weighted by atomic mass is 10.2. The molecule has 0 saturated heterocycles. The molecular weight excluding hydrogens is 408 g/mol. The number of rotatable bonds is 5. The first-order chi connectivity index (χ1) is 14.5. The van der Waals surface area contributed by atoms with E-state index in [-0.39, 0.29) is 0 Å². The Morgan fingerprint density at radius 1 is 1.10 bits per heavy atom. The van der Waals surface area contributed by atoms with E-state index in [4.69, 9.17) is 25.5 Å². The fourth-order valence-corrected chi connectivity index (χ4v) is 3.80. The van der Waals surface area contributed by atoms with Crippen LogP contribution in [0.5, 0.6) is 11.5 Å². The van der Waals surface area contributed by atoms with Crippen LogP contribution in [0.25, 0.3) is 21.9 Å². The molecule has 0 aliphatic carbocycles. The molecule has 2 aromatic heterocycles. The van der Waals surface area contributed by atoms with Crippen molar-refractivity contribution in [1.82, 2.24) is 4.57 Å². The van der Waals surface area contributed by atoms with Gasteiger partial charge in [-0.15, -0.1) is 0 Å². The molecule has 4 rings (SSSR count). The zero-order valence-corrected chi connectivity index (χ0v) is 17.4. The molecule has 7 nitrogen and oxygen atoms in total. The van der Waals surface area contributed by atoms with E-state index in [1.165, 1.54) is 14.2 Å². The Labute approximate surface area is 176 Å². The van der Waals surface area contributed by atoms with Gasteiger partial charge in [-0.3, -0.25) is 4.79 Å². The minimum Gasteiger partial charge on any atom is -0.495 e. The van der Waals surface area contributed by atoms with Gasteiger partial charge >= 0.3 is 5.63 Å². The van der Waals surface area contributed by atoms with Gasteiger partial charge in [0, 0.05) is 18.0 Å². The highest BCUT2D eigenvalue weighted by molar-refractivity contribution is 6.32. The van der Waals surface area contributed by atoms with Crippen LogP contribution in [-0.4, -0.2) is 24.7 Å². The summed E-state index contributed by atoms with van der Waals surface area (Å²) in [6, 6.07) is 11.9. The predicted molar refractivity (Wildman–Crippen MR) is 116 cm³/mol. The summed E-state index contributed by atoms with van der Waals surface area (Å²) >= 11 is 6.21. The van der Waals surface area contributed by atoms with E-state index in [0.717, 1.165) is 5.39 Å². The van der Waals surface area contributed by atoms with Crippen LogP contribution >= 0.6 is 11.6 Å². The van der Waals surface area contributed by atoms with Crippen molar-refractivity contribution in [2.24, 2.45) is 0 Å². The molecule has 0 aliphatic heterocycles. The Morgan fingerprint density at radius 3 is 2.53 bits per heavy atom. The maximum Gasteiger partial charge on any atom is 0.345 e. The number of ether oxygens (including phenoxy) is 2. The van der Waals surface area contributed by atoms with Gasteiger partial charge in [-0.25, -0.2) is 4.79 Å². The number of methoxy groups -OCH3 is 2. The number of nitrogens with zero attached hydrogens (tertiary/aromatic N) is 1. The molecule has 0 radical (unpaired) electrons. The molecule has 2 heterocycles. The molecule has 154 valence electrons. The fraction of sp³-hybridized carbons (Fsp3) is 0.182. The molecule has 0 unspecified atom stereocenters. The van der Waals surface area contributed by atoms with Gasteiger partial charge in [0.1, 0.15) is 22.8 Å². The smallest absolute Gasteiger partial charge is 0.345 e. The van der Waals surface area contributed by atoms with E-state index in [1.807, 2.05) is 19.1 Å². The zero-order valence-electron chi connectivity index (χ0n) is 16.6. The first-order valence-electron chi connectivity index (χ1n) is 9.26. The fourth-order valence-electron chi connectivity index (χ4n) is 3.56. The molecule has 0 atom stereocenters. The minimum atomic E-state index is -0.491. The Hall–Kier alpha value is -3.45. The van der Waals surface area contributed by atoms with E-state index >= 15 is 0 Å². The van der Waals surface area contributed by atoms with Crippen molar-refractivity contribution in [3.05, 3.63) is 63.6 Å². The van der Waals surface area contributed by atoms with Gasteiger partial charge in [0.05, 0.1) is 35.8 Å². The Kier molecular flexibility index (Phi) is 5.13.